The van der Waals surface area contributed by atoms with Crippen molar-refractivity contribution in [2.24, 2.45) is 4.99 Å². The Labute approximate surface area is 174 Å². The predicted octanol–water partition coefficient (Wildman–Crippen LogP) is 6.31. The zero-order valence-corrected chi connectivity index (χ0v) is 17.2. The highest BCUT2D eigenvalue weighted by atomic mass is 35.5. The van der Waals surface area contributed by atoms with E-state index in [1.807, 2.05) is 73.7 Å². The largest absolute Gasteiger partial charge is 0.493 e. The molecule has 0 spiro atoms. The minimum absolute atomic E-state index is 0.636. The number of fused-ring (bicyclic) bond motifs is 1. The number of nitrogens with zero attached hydrogens (tertiary/aromatic N) is 1. The van der Waals surface area contributed by atoms with Crippen LogP contribution in [0.4, 0.5) is 5.69 Å². The van der Waals surface area contributed by atoms with E-state index in [1.54, 1.807) is 14.2 Å². The first-order valence-electron chi connectivity index (χ1n) is 9.15. The minimum Gasteiger partial charge on any atom is -0.493 e. The standard InChI is InChI=1S/C24H20ClNO3/c1-15-8-10-17(13-19(15)25)26-20-14-23(29-21-7-5-4-6-18(20)21)16-9-11-22(27-2)24(12-16)28-3/h4-14H,1-3H3. The second-order valence-corrected chi connectivity index (χ2v) is 7.01. The van der Waals surface area contributed by atoms with Crippen LogP contribution in [0, 0.1) is 6.92 Å². The molecule has 146 valence electrons. The number of ether oxygens (including phenoxy) is 2. The van der Waals surface area contributed by atoms with Gasteiger partial charge in [0.1, 0.15) is 11.3 Å². The van der Waals surface area contributed by atoms with Gasteiger partial charge in [0.15, 0.2) is 11.5 Å². The molecule has 0 N–H and O–H groups in total. The summed E-state index contributed by atoms with van der Waals surface area (Å²) in [4.78, 5) is 4.83. The maximum Gasteiger partial charge on any atom is 0.161 e. The number of para-hydroxylation sites is 1. The lowest BCUT2D eigenvalue weighted by atomic mass is 10.1. The molecule has 1 heterocycles. The van der Waals surface area contributed by atoms with Crippen LogP contribution >= 0.6 is 11.6 Å². The highest BCUT2D eigenvalue weighted by molar-refractivity contribution is 6.31. The Kier molecular flexibility index (Phi) is 5.28. The molecule has 0 amide bonds. The third-order valence-corrected chi connectivity index (χ3v) is 5.13. The summed E-state index contributed by atoms with van der Waals surface area (Å²) in [7, 11) is 3.22. The molecule has 5 heteroatoms. The fourth-order valence-corrected chi connectivity index (χ4v) is 3.31. The van der Waals surface area contributed by atoms with Crippen molar-refractivity contribution < 1.29 is 13.9 Å². The molecule has 0 saturated carbocycles. The molecule has 0 aliphatic heterocycles. The van der Waals surface area contributed by atoms with Crippen LogP contribution in [0.25, 0.3) is 22.3 Å². The van der Waals surface area contributed by atoms with Gasteiger partial charge in [0.2, 0.25) is 0 Å². The highest BCUT2D eigenvalue weighted by Gasteiger charge is 2.10. The molecule has 0 radical (unpaired) electrons. The molecular formula is C24H20ClNO3. The van der Waals surface area contributed by atoms with Gasteiger partial charge in [-0.3, -0.25) is 0 Å². The van der Waals surface area contributed by atoms with Crippen molar-refractivity contribution in [2.45, 2.75) is 6.92 Å². The van der Waals surface area contributed by atoms with Crippen LogP contribution in [0.15, 0.2) is 76.1 Å². The molecule has 29 heavy (non-hydrogen) atoms. The van der Waals surface area contributed by atoms with Gasteiger partial charge in [-0.15, -0.1) is 0 Å². The summed E-state index contributed by atoms with van der Waals surface area (Å²) in [6, 6.07) is 21.2. The van der Waals surface area contributed by atoms with Gasteiger partial charge >= 0.3 is 0 Å². The van der Waals surface area contributed by atoms with Crippen molar-refractivity contribution in [3.63, 3.8) is 0 Å². The van der Waals surface area contributed by atoms with Crippen LogP contribution in [-0.4, -0.2) is 14.2 Å². The van der Waals surface area contributed by atoms with Crippen LogP contribution in [0.5, 0.6) is 11.5 Å². The minimum atomic E-state index is 0.636. The Morgan fingerprint density at radius 3 is 2.41 bits per heavy atom. The Morgan fingerprint density at radius 1 is 0.862 bits per heavy atom. The van der Waals surface area contributed by atoms with Crippen molar-refractivity contribution in [1.29, 1.82) is 0 Å². The smallest absolute Gasteiger partial charge is 0.161 e. The average molecular weight is 406 g/mol. The number of benzene rings is 3. The molecule has 1 aromatic heterocycles. The third-order valence-electron chi connectivity index (χ3n) is 4.72. The molecule has 4 nitrogen and oxygen atoms in total. The number of halogens is 1. The first kappa shape index (κ1) is 19.1. The second-order valence-electron chi connectivity index (χ2n) is 6.61. The van der Waals surface area contributed by atoms with Gasteiger partial charge in [0.05, 0.1) is 25.3 Å². The van der Waals surface area contributed by atoms with E-state index >= 15 is 0 Å². The lowest BCUT2D eigenvalue weighted by Crippen LogP contribution is -2.03. The van der Waals surface area contributed by atoms with Gasteiger partial charge in [-0.25, -0.2) is 4.99 Å². The van der Waals surface area contributed by atoms with E-state index in [0.717, 1.165) is 33.1 Å². The van der Waals surface area contributed by atoms with Gasteiger partial charge in [0.25, 0.3) is 0 Å². The SMILES string of the molecule is COc1ccc(-c2cc(=Nc3ccc(C)c(Cl)c3)c3ccccc3o2)cc1OC. The van der Waals surface area contributed by atoms with E-state index in [1.165, 1.54) is 0 Å². The highest BCUT2D eigenvalue weighted by Crippen LogP contribution is 2.33. The second kappa shape index (κ2) is 8.02. The zero-order chi connectivity index (χ0) is 20.4. The number of rotatable bonds is 4. The van der Waals surface area contributed by atoms with E-state index in [4.69, 9.17) is 30.5 Å². The van der Waals surface area contributed by atoms with Crippen LogP contribution in [-0.2, 0) is 0 Å². The summed E-state index contributed by atoms with van der Waals surface area (Å²) in [5, 5.41) is 2.42. The summed E-state index contributed by atoms with van der Waals surface area (Å²) in [5.74, 6) is 1.98. The quantitative estimate of drug-likeness (QED) is 0.399. The number of hydrogen-bond donors (Lipinski definition) is 0. The van der Waals surface area contributed by atoms with Gasteiger partial charge in [-0.2, -0.15) is 0 Å². The van der Waals surface area contributed by atoms with E-state index < -0.39 is 0 Å². The summed E-state index contributed by atoms with van der Waals surface area (Å²) < 4.78 is 16.9. The zero-order valence-electron chi connectivity index (χ0n) is 16.4. The molecule has 0 aliphatic rings. The summed E-state index contributed by atoms with van der Waals surface area (Å²) in [6.07, 6.45) is 0. The molecule has 0 unspecified atom stereocenters. The Bertz CT molecular complexity index is 1260. The van der Waals surface area contributed by atoms with Crippen molar-refractivity contribution in [3.8, 4) is 22.8 Å². The first-order valence-corrected chi connectivity index (χ1v) is 9.53. The maximum absolute atomic E-state index is 6.28. The van der Waals surface area contributed by atoms with E-state index in [0.29, 0.717) is 22.3 Å². The fraction of sp³-hybridized carbons (Fsp3) is 0.125. The summed E-state index contributed by atoms with van der Waals surface area (Å²) in [6.45, 7) is 1.97. The molecule has 0 bridgehead atoms. The van der Waals surface area contributed by atoms with E-state index in [2.05, 4.69) is 0 Å². The average Bonchev–Trinajstić information content (AvgIpc) is 2.75. The van der Waals surface area contributed by atoms with Crippen LogP contribution in [0.3, 0.4) is 0 Å². The van der Waals surface area contributed by atoms with Crippen molar-refractivity contribution in [3.05, 3.63) is 82.7 Å². The van der Waals surface area contributed by atoms with Gasteiger partial charge in [-0.05, 0) is 55.0 Å². The number of aryl methyl sites for hydroxylation is 1. The Morgan fingerprint density at radius 2 is 1.66 bits per heavy atom. The van der Waals surface area contributed by atoms with E-state index in [9.17, 15) is 0 Å². The molecule has 0 atom stereocenters. The van der Waals surface area contributed by atoms with Gasteiger partial charge < -0.3 is 13.9 Å². The molecular weight excluding hydrogens is 386 g/mol. The third kappa shape index (κ3) is 3.84. The van der Waals surface area contributed by atoms with Crippen LogP contribution in [0.2, 0.25) is 5.02 Å². The van der Waals surface area contributed by atoms with Gasteiger partial charge in [-0.1, -0.05) is 29.8 Å². The lowest BCUT2D eigenvalue weighted by Gasteiger charge is -2.10. The Balaban J connectivity index is 1.94. The van der Waals surface area contributed by atoms with Gasteiger partial charge in [0, 0.05) is 22.0 Å². The topological polar surface area (TPSA) is 44.0 Å². The number of hydrogen-bond acceptors (Lipinski definition) is 4. The maximum atomic E-state index is 6.28. The fourth-order valence-electron chi connectivity index (χ4n) is 3.13. The Hall–Kier alpha value is -3.24. The molecule has 3 aromatic carbocycles. The van der Waals surface area contributed by atoms with Crippen molar-refractivity contribution in [2.75, 3.05) is 14.2 Å². The van der Waals surface area contributed by atoms with Crippen LogP contribution in [0.1, 0.15) is 5.56 Å². The van der Waals surface area contributed by atoms with Crippen LogP contribution < -0.4 is 14.8 Å². The van der Waals surface area contributed by atoms with E-state index in [-0.39, 0.29) is 0 Å². The van der Waals surface area contributed by atoms with Crippen molar-refractivity contribution in [1.82, 2.24) is 0 Å². The molecule has 4 aromatic rings. The molecule has 4 rings (SSSR count). The number of methoxy groups -OCH3 is 2. The summed E-state index contributed by atoms with van der Waals surface area (Å²) >= 11 is 6.28. The molecule has 0 saturated heterocycles. The first-order chi connectivity index (χ1) is 14.1. The lowest BCUT2D eigenvalue weighted by molar-refractivity contribution is 0.355. The molecule has 0 fully saturated rings. The molecule has 0 aliphatic carbocycles. The predicted molar refractivity (Wildman–Crippen MR) is 116 cm³/mol. The summed E-state index contributed by atoms with van der Waals surface area (Å²) in [5.41, 5.74) is 3.42. The van der Waals surface area contributed by atoms with Crippen molar-refractivity contribution >= 4 is 28.3 Å². The normalized spacial score (nSPS) is 11.7. The monoisotopic (exact) mass is 405 g/mol.